The van der Waals surface area contributed by atoms with Crippen molar-refractivity contribution in [3.8, 4) is 0 Å². The van der Waals surface area contributed by atoms with Crippen LogP contribution in [0.2, 0.25) is 0 Å². The van der Waals surface area contributed by atoms with Gasteiger partial charge in [0.25, 0.3) is 11.5 Å². The number of amides is 3. The summed E-state index contributed by atoms with van der Waals surface area (Å²) in [5.74, 6) is -0.557. The highest BCUT2D eigenvalue weighted by atomic mass is 16.2. The van der Waals surface area contributed by atoms with E-state index in [1.807, 2.05) is 0 Å². The Morgan fingerprint density at radius 3 is 2.48 bits per heavy atom. The molecule has 1 saturated carbocycles. The Kier molecular flexibility index (Phi) is 5.15. The summed E-state index contributed by atoms with van der Waals surface area (Å²) in [6.45, 7) is 1.56. The van der Waals surface area contributed by atoms with Gasteiger partial charge in [-0.05, 0) is 19.8 Å². The molecule has 2 aromatic rings. The van der Waals surface area contributed by atoms with Gasteiger partial charge in [-0.25, -0.2) is 14.6 Å². The fourth-order valence-electron chi connectivity index (χ4n) is 3.47. The Morgan fingerprint density at radius 1 is 1.15 bits per heavy atom. The van der Waals surface area contributed by atoms with Crippen molar-refractivity contribution < 1.29 is 9.59 Å². The molecule has 0 radical (unpaired) electrons. The highest BCUT2D eigenvalue weighted by Gasteiger charge is 2.24. The van der Waals surface area contributed by atoms with Crippen molar-refractivity contribution in [2.45, 2.75) is 51.1 Å². The Balaban J connectivity index is 1.80. The summed E-state index contributed by atoms with van der Waals surface area (Å²) < 4.78 is 3.58. The Labute approximate surface area is 155 Å². The molecule has 0 bridgehead atoms. The third-order valence-corrected chi connectivity index (χ3v) is 5.15. The maximum atomic E-state index is 12.5. The van der Waals surface area contributed by atoms with E-state index in [9.17, 15) is 19.2 Å². The van der Waals surface area contributed by atoms with Gasteiger partial charge in [0.05, 0.1) is 6.33 Å². The molecule has 3 amide bonds. The lowest BCUT2D eigenvalue weighted by Crippen LogP contribution is -2.47. The molecule has 2 N–H and O–H groups in total. The molecule has 0 aromatic carbocycles. The van der Waals surface area contributed by atoms with Crippen molar-refractivity contribution in [3.63, 3.8) is 0 Å². The van der Waals surface area contributed by atoms with E-state index in [-0.39, 0.29) is 17.2 Å². The van der Waals surface area contributed by atoms with Gasteiger partial charge in [0, 0.05) is 20.1 Å². The van der Waals surface area contributed by atoms with Crippen LogP contribution in [0.5, 0.6) is 0 Å². The second-order valence-electron chi connectivity index (χ2n) is 7.00. The molecule has 0 aliphatic heterocycles. The normalized spacial score (nSPS) is 16.3. The van der Waals surface area contributed by atoms with Crippen molar-refractivity contribution in [2.24, 2.45) is 14.1 Å². The van der Waals surface area contributed by atoms with Crippen LogP contribution in [-0.2, 0) is 18.9 Å². The number of urea groups is 1. The van der Waals surface area contributed by atoms with E-state index in [0.29, 0.717) is 0 Å². The van der Waals surface area contributed by atoms with Crippen molar-refractivity contribution in [1.82, 2.24) is 29.3 Å². The number of aromatic nitrogens is 4. The van der Waals surface area contributed by atoms with Crippen LogP contribution in [0.3, 0.4) is 0 Å². The van der Waals surface area contributed by atoms with E-state index < -0.39 is 29.2 Å². The zero-order valence-corrected chi connectivity index (χ0v) is 15.7. The lowest BCUT2D eigenvalue weighted by molar-refractivity contribution is -0.122. The first-order chi connectivity index (χ1) is 12.8. The maximum Gasteiger partial charge on any atom is 0.332 e. The highest BCUT2D eigenvalue weighted by Crippen LogP contribution is 2.17. The molecule has 10 heteroatoms. The summed E-state index contributed by atoms with van der Waals surface area (Å²) in [5, 5.41) is 5.14. The third-order valence-electron chi connectivity index (χ3n) is 5.15. The van der Waals surface area contributed by atoms with E-state index in [4.69, 9.17) is 0 Å². The lowest BCUT2D eigenvalue weighted by atomic mass is 9.96. The van der Waals surface area contributed by atoms with Crippen LogP contribution in [0, 0.1) is 0 Å². The van der Waals surface area contributed by atoms with Crippen molar-refractivity contribution in [1.29, 1.82) is 0 Å². The number of imide groups is 1. The summed E-state index contributed by atoms with van der Waals surface area (Å²) in [6.07, 6.45) is 6.45. The number of nitrogens with zero attached hydrogens (tertiary/aromatic N) is 4. The average molecular weight is 376 g/mol. The van der Waals surface area contributed by atoms with Gasteiger partial charge in [0.1, 0.15) is 6.04 Å². The van der Waals surface area contributed by atoms with Gasteiger partial charge in [0.15, 0.2) is 11.2 Å². The molecule has 1 unspecified atom stereocenters. The van der Waals surface area contributed by atoms with E-state index >= 15 is 0 Å². The van der Waals surface area contributed by atoms with Crippen molar-refractivity contribution >= 4 is 23.1 Å². The summed E-state index contributed by atoms with van der Waals surface area (Å²) in [7, 11) is 2.87. The molecular formula is C17H24N6O4. The summed E-state index contributed by atoms with van der Waals surface area (Å²) in [5.41, 5.74) is -0.719. The second kappa shape index (κ2) is 7.37. The first-order valence-electron chi connectivity index (χ1n) is 9.05. The molecule has 0 saturated heterocycles. The van der Waals surface area contributed by atoms with Crippen LogP contribution < -0.4 is 21.9 Å². The Hall–Kier alpha value is -2.91. The van der Waals surface area contributed by atoms with Gasteiger partial charge in [0.2, 0.25) is 0 Å². The van der Waals surface area contributed by atoms with Crippen molar-refractivity contribution in [3.05, 3.63) is 27.2 Å². The number of hydrogen-bond donors (Lipinski definition) is 2. The molecular weight excluding hydrogens is 352 g/mol. The molecule has 1 atom stereocenters. The van der Waals surface area contributed by atoms with Crippen LogP contribution in [0.15, 0.2) is 15.9 Å². The largest absolute Gasteiger partial charge is 0.335 e. The minimum absolute atomic E-state index is 0.0813. The minimum Gasteiger partial charge on any atom is -0.335 e. The summed E-state index contributed by atoms with van der Waals surface area (Å²) >= 11 is 0. The van der Waals surface area contributed by atoms with E-state index in [1.54, 1.807) is 6.92 Å². The van der Waals surface area contributed by atoms with Crippen LogP contribution in [0.25, 0.3) is 11.2 Å². The molecule has 2 heterocycles. The number of nitrogens with one attached hydrogen (secondary N) is 2. The molecule has 3 rings (SSSR count). The van der Waals surface area contributed by atoms with Crippen LogP contribution in [0.4, 0.5) is 4.79 Å². The smallest absolute Gasteiger partial charge is 0.332 e. The topological polar surface area (TPSA) is 120 Å². The SMILES string of the molecule is CC(C(=O)NC(=O)NC1CCCCC1)n1cnc2c1c(=O)n(C)c(=O)n2C. The first-order valence-corrected chi connectivity index (χ1v) is 9.05. The Bertz CT molecular complexity index is 995. The second-order valence-corrected chi connectivity index (χ2v) is 7.00. The molecule has 146 valence electrons. The van der Waals surface area contributed by atoms with Crippen LogP contribution >= 0.6 is 0 Å². The molecule has 0 spiro atoms. The summed E-state index contributed by atoms with van der Waals surface area (Å²) in [4.78, 5) is 53.1. The number of carbonyl (C=O) groups excluding carboxylic acids is 2. The molecule has 2 aromatic heterocycles. The molecule has 27 heavy (non-hydrogen) atoms. The molecule has 1 aliphatic rings. The summed E-state index contributed by atoms with van der Waals surface area (Å²) in [6, 6.07) is -1.31. The molecule has 10 nitrogen and oxygen atoms in total. The quantitative estimate of drug-likeness (QED) is 0.790. The Morgan fingerprint density at radius 2 is 1.81 bits per heavy atom. The van der Waals surface area contributed by atoms with Crippen LogP contribution in [0.1, 0.15) is 45.1 Å². The predicted molar refractivity (Wildman–Crippen MR) is 98.5 cm³/mol. The number of hydrogen-bond acceptors (Lipinski definition) is 5. The number of imidazole rings is 1. The monoisotopic (exact) mass is 376 g/mol. The number of aryl methyl sites for hydroxylation is 1. The average Bonchev–Trinajstić information content (AvgIpc) is 3.09. The molecule has 1 fully saturated rings. The van der Waals surface area contributed by atoms with Crippen LogP contribution in [-0.4, -0.2) is 36.7 Å². The lowest BCUT2D eigenvalue weighted by Gasteiger charge is -2.23. The highest BCUT2D eigenvalue weighted by molar-refractivity contribution is 5.96. The van der Waals surface area contributed by atoms with Gasteiger partial charge < -0.3 is 9.88 Å². The standard InChI is InChI=1S/C17H24N6O4/c1-10(14(24)20-16(26)19-11-7-5-4-6-8-11)23-9-18-13-12(23)15(25)22(3)17(27)21(13)2/h9-11H,4-8H2,1-3H3,(H2,19,20,24,26). The van der Waals surface area contributed by atoms with Gasteiger partial charge in [-0.3, -0.25) is 24.0 Å². The fraction of sp³-hybridized carbons (Fsp3) is 0.588. The van der Waals surface area contributed by atoms with Gasteiger partial charge >= 0.3 is 11.7 Å². The first kappa shape index (κ1) is 18.9. The zero-order chi connectivity index (χ0) is 19.7. The fourth-order valence-corrected chi connectivity index (χ4v) is 3.47. The van der Waals surface area contributed by atoms with Crippen molar-refractivity contribution in [2.75, 3.05) is 0 Å². The predicted octanol–water partition coefficient (Wildman–Crippen LogP) is 0.153. The third kappa shape index (κ3) is 3.51. The zero-order valence-electron chi connectivity index (χ0n) is 15.7. The maximum absolute atomic E-state index is 12.5. The van der Waals surface area contributed by atoms with E-state index in [1.165, 1.54) is 36.0 Å². The van der Waals surface area contributed by atoms with Gasteiger partial charge in [-0.15, -0.1) is 0 Å². The number of rotatable bonds is 3. The number of fused-ring (bicyclic) bond motifs is 1. The van der Waals surface area contributed by atoms with E-state index in [0.717, 1.165) is 30.3 Å². The minimum atomic E-state index is -0.850. The van der Waals surface area contributed by atoms with Gasteiger partial charge in [-0.2, -0.15) is 0 Å². The molecule has 1 aliphatic carbocycles. The number of carbonyl (C=O) groups is 2. The van der Waals surface area contributed by atoms with Gasteiger partial charge in [-0.1, -0.05) is 19.3 Å². The van der Waals surface area contributed by atoms with E-state index in [2.05, 4.69) is 15.6 Å².